The molecule has 0 fully saturated rings. The van der Waals surface area contributed by atoms with Gasteiger partial charge in [0.05, 0.1) is 5.56 Å². The van der Waals surface area contributed by atoms with Crippen LogP contribution in [0.5, 0.6) is 0 Å². The molecule has 28 heavy (non-hydrogen) atoms. The number of alkyl halides is 3. The quantitative estimate of drug-likeness (QED) is 0.458. The molecule has 4 rings (SSSR count). The lowest BCUT2D eigenvalue weighted by atomic mass is 10.1. The molecular formula is C21H16F3N3O. The predicted octanol–water partition coefficient (Wildman–Crippen LogP) is 5.48. The summed E-state index contributed by atoms with van der Waals surface area (Å²) in [5, 5.41) is 6.11. The van der Waals surface area contributed by atoms with Crippen molar-refractivity contribution in [3.05, 3.63) is 77.9 Å². The molecule has 142 valence electrons. The summed E-state index contributed by atoms with van der Waals surface area (Å²) in [6.45, 7) is 0. The van der Waals surface area contributed by atoms with Crippen LogP contribution in [0.25, 0.3) is 22.2 Å². The van der Waals surface area contributed by atoms with Crippen LogP contribution >= 0.6 is 0 Å². The lowest BCUT2D eigenvalue weighted by Crippen LogP contribution is -2.04. The van der Waals surface area contributed by atoms with Crippen molar-refractivity contribution in [1.29, 1.82) is 0 Å². The molecule has 0 N–H and O–H groups in total. The number of hydrogen-bond acceptors (Lipinski definition) is 4. The van der Waals surface area contributed by atoms with E-state index in [0.29, 0.717) is 31.0 Å². The second-order valence-corrected chi connectivity index (χ2v) is 6.50. The molecule has 2 heterocycles. The molecule has 0 radical (unpaired) electrons. The van der Waals surface area contributed by atoms with E-state index in [2.05, 4.69) is 15.1 Å². The Kier molecular flexibility index (Phi) is 4.81. The van der Waals surface area contributed by atoms with Gasteiger partial charge in [-0.15, -0.1) is 0 Å². The van der Waals surface area contributed by atoms with E-state index in [-0.39, 0.29) is 0 Å². The van der Waals surface area contributed by atoms with Gasteiger partial charge in [0.1, 0.15) is 0 Å². The summed E-state index contributed by atoms with van der Waals surface area (Å²) in [6.07, 6.45) is 1.12. The largest absolute Gasteiger partial charge is 0.416 e. The van der Waals surface area contributed by atoms with Crippen LogP contribution in [0.1, 0.15) is 23.4 Å². The second kappa shape index (κ2) is 7.42. The summed E-state index contributed by atoms with van der Waals surface area (Å²) >= 11 is 0. The number of hydrogen-bond donors (Lipinski definition) is 0. The smallest absolute Gasteiger partial charge is 0.339 e. The van der Waals surface area contributed by atoms with Gasteiger partial charge >= 0.3 is 6.18 Å². The number of pyridine rings is 1. The highest BCUT2D eigenvalue weighted by Crippen LogP contribution is 2.29. The van der Waals surface area contributed by atoms with Gasteiger partial charge in [0.25, 0.3) is 0 Å². The minimum absolute atomic E-state index is 0.511. The molecule has 0 bridgehead atoms. The fraction of sp³-hybridized carbons (Fsp3) is 0.190. The summed E-state index contributed by atoms with van der Waals surface area (Å²) in [4.78, 5) is 8.51. The van der Waals surface area contributed by atoms with E-state index in [9.17, 15) is 13.2 Å². The summed E-state index contributed by atoms with van der Waals surface area (Å²) in [5.41, 5.74) is 1.07. The van der Waals surface area contributed by atoms with E-state index >= 15 is 0 Å². The standard InChI is InChI=1S/C21H16F3N3O/c22-21(23,24)18-8-4-14(5-9-18)2-1-3-19-26-20(27-28-19)16-6-7-17-13-25-11-10-15(17)12-16/h4-13H,1-3H2. The summed E-state index contributed by atoms with van der Waals surface area (Å²) in [5.74, 6) is 1.03. The maximum absolute atomic E-state index is 12.6. The molecule has 2 aromatic carbocycles. The van der Waals surface area contributed by atoms with E-state index in [1.165, 1.54) is 12.1 Å². The van der Waals surface area contributed by atoms with Crippen LogP contribution in [0.4, 0.5) is 13.2 Å². The van der Waals surface area contributed by atoms with Crippen LogP contribution in [-0.2, 0) is 19.0 Å². The first-order valence-electron chi connectivity index (χ1n) is 8.82. The number of rotatable bonds is 5. The average Bonchev–Trinajstić information content (AvgIpc) is 3.16. The van der Waals surface area contributed by atoms with Gasteiger partial charge in [-0.05, 0) is 48.1 Å². The van der Waals surface area contributed by atoms with Crippen LogP contribution in [0.15, 0.2) is 65.4 Å². The Bertz CT molecular complexity index is 1090. The van der Waals surface area contributed by atoms with Gasteiger partial charge in [-0.2, -0.15) is 18.2 Å². The van der Waals surface area contributed by atoms with E-state index in [1.54, 1.807) is 12.4 Å². The Morgan fingerprint density at radius 2 is 1.71 bits per heavy atom. The van der Waals surface area contributed by atoms with E-state index in [1.807, 2.05) is 24.3 Å². The predicted molar refractivity (Wildman–Crippen MR) is 98.5 cm³/mol. The lowest BCUT2D eigenvalue weighted by molar-refractivity contribution is -0.137. The molecule has 4 aromatic rings. The molecular weight excluding hydrogens is 367 g/mol. The van der Waals surface area contributed by atoms with Gasteiger partial charge in [0.15, 0.2) is 0 Å². The SMILES string of the molecule is FC(F)(F)c1ccc(CCCc2nc(-c3ccc4cnccc4c3)no2)cc1. The molecule has 0 spiro atoms. The molecule has 7 heteroatoms. The fourth-order valence-corrected chi connectivity index (χ4v) is 3.00. The zero-order valence-corrected chi connectivity index (χ0v) is 14.8. The molecule has 4 nitrogen and oxygen atoms in total. The van der Waals surface area contributed by atoms with Crippen molar-refractivity contribution in [2.75, 3.05) is 0 Å². The van der Waals surface area contributed by atoms with Crippen molar-refractivity contribution in [1.82, 2.24) is 15.1 Å². The molecule has 0 aliphatic rings. The van der Waals surface area contributed by atoms with Crippen LogP contribution in [-0.4, -0.2) is 15.1 Å². The Morgan fingerprint density at radius 3 is 2.50 bits per heavy atom. The second-order valence-electron chi connectivity index (χ2n) is 6.50. The van der Waals surface area contributed by atoms with Gasteiger partial charge < -0.3 is 4.52 Å². The van der Waals surface area contributed by atoms with Crippen molar-refractivity contribution >= 4 is 10.8 Å². The van der Waals surface area contributed by atoms with Crippen molar-refractivity contribution in [2.45, 2.75) is 25.4 Å². The summed E-state index contributed by atoms with van der Waals surface area (Å²) in [7, 11) is 0. The minimum atomic E-state index is -4.31. The van der Waals surface area contributed by atoms with E-state index in [4.69, 9.17) is 4.52 Å². The van der Waals surface area contributed by atoms with Crippen molar-refractivity contribution < 1.29 is 17.7 Å². The molecule has 0 aliphatic heterocycles. The Morgan fingerprint density at radius 1 is 0.893 bits per heavy atom. The summed E-state index contributed by atoms with van der Waals surface area (Å²) < 4.78 is 43.1. The molecule has 0 saturated heterocycles. The number of fused-ring (bicyclic) bond motifs is 1. The number of aromatic nitrogens is 3. The van der Waals surface area contributed by atoms with Crippen molar-refractivity contribution in [3.63, 3.8) is 0 Å². The van der Waals surface area contributed by atoms with Gasteiger partial charge in [0, 0.05) is 29.8 Å². The third-order valence-electron chi connectivity index (χ3n) is 4.50. The van der Waals surface area contributed by atoms with E-state index in [0.717, 1.165) is 34.0 Å². The van der Waals surface area contributed by atoms with Crippen LogP contribution < -0.4 is 0 Å². The Labute approximate surface area is 159 Å². The van der Waals surface area contributed by atoms with Gasteiger partial charge in [-0.3, -0.25) is 4.98 Å². The normalized spacial score (nSPS) is 11.8. The number of halogens is 3. The number of benzene rings is 2. The van der Waals surface area contributed by atoms with Gasteiger partial charge in [-0.1, -0.05) is 29.4 Å². The highest BCUT2D eigenvalue weighted by molar-refractivity contribution is 5.85. The maximum atomic E-state index is 12.6. The van der Waals surface area contributed by atoms with Crippen molar-refractivity contribution in [3.8, 4) is 11.4 Å². The average molecular weight is 383 g/mol. The first-order chi connectivity index (χ1) is 13.5. The highest BCUT2D eigenvalue weighted by Gasteiger charge is 2.29. The Hall–Kier alpha value is -3.22. The van der Waals surface area contributed by atoms with Crippen molar-refractivity contribution in [2.24, 2.45) is 0 Å². The molecule has 0 atom stereocenters. The number of aryl methyl sites for hydroxylation is 2. The van der Waals surface area contributed by atoms with Crippen LogP contribution in [0, 0.1) is 0 Å². The van der Waals surface area contributed by atoms with Crippen LogP contribution in [0.2, 0.25) is 0 Å². The first kappa shape index (κ1) is 18.2. The zero-order valence-electron chi connectivity index (χ0n) is 14.8. The van der Waals surface area contributed by atoms with Gasteiger partial charge in [-0.25, -0.2) is 0 Å². The van der Waals surface area contributed by atoms with Gasteiger partial charge in [0.2, 0.25) is 11.7 Å². The Balaban J connectivity index is 1.38. The zero-order chi connectivity index (χ0) is 19.6. The lowest BCUT2D eigenvalue weighted by Gasteiger charge is -2.07. The highest BCUT2D eigenvalue weighted by atomic mass is 19.4. The first-order valence-corrected chi connectivity index (χ1v) is 8.82. The van der Waals surface area contributed by atoms with Crippen LogP contribution in [0.3, 0.4) is 0 Å². The molecule has 0 unspecified atom stereocenters. The summed E-state index contributed by atoms with van der Waals surface area (Å²) in [6, 6.07) is 13.0. The molecule has 0 saturated carbocycles. The molecule has 2 aromatic heterocycles. The third-order valence-corrected chi connectivity index (χ3v) is 4.50. The minimum Gasteiger partial charge on any atom is -0.339 e. The molecule has 0 aliphatic carbocycles. The third kappa shape index (κ3) is 4.03. The number of nitrogens with zero attached hydrogens (tertiary/aromatic N) is 3. The molecule has 0 amide bonds. The van der Waals surface area contributed by atoms with E-state index < -0.39 is 11.7 Å². The maximum Gasteiger partial charge on any atom is 0.416 e. The fourth-order valence-electron chi connectivity index (χ4n) is 3.00. The topological polar surface area (TPSA) is 51.8 Å². The monoisotopic (exact) mass is 383 g/mol.